The van der Waals surface area contributed by atoms with Crippen LogP contribution in [0.5, 0.6) is 0 Å². The summed E-state index contributed by atoms with van der Waals surface area (Å²) in [6, 6.07) is 8.23. The minimum absolute atomic E-state index is 0.0927. The van der Waals surface area contributed by atoms with Crippen LogP contribution >= 0.6 is 23.1 Å². The van der Waals surface area contributed by atoms with Gasteiger partial charge in [0.15, 0.2) is 0 Å². The summed E-state index contributed by atoms with van der Waals surface area (Å²) >= 11 is 2.27. The molecule has 0 bridgehead atoms. The smallest absolute Gasteiger partial charge is 0.348 e. The van der Waals surface area contributed by atoms with Crippen LogP contribution in [0.4, 0.5) is 11.4 Å². The fourth-order valence-electron chi connectivity index (χ4n) is 1.51. The van der Waals surface area contributed by atoms with Crippen molar-refractivity contribution in [1.29, 1.82) is 0 Å². The minimum Gasteiger partial charge on any atom is -0.462 e. The van der Waals surface area contributed by atoms with E-state index in [1.165, 1.54) is 17.8 Å². The number of rotatable bonds is 5. The summed E-state index contributed by atoms with van der Waals surface area (Å²) in [5.41, 5.74) is 6.12. The molecule has 0 radical (unpaired) electrons. The Morgan fingerprint density at radius 2 is 2.10 bits per heavy atom. The molecule has 0 aliphatic rings. The number of hydrogen-bond acceptors (Lipinski definition) is 7. The van der Waals surface area contributed by atoms with Crippen LogP contribution in [0.3, 0.4) is 0 Å². The van der Waals surface area contributed by atoms with Gasteiger partial charge < -0.3 is 10.5 Å². The maximum absolute atomic E-state index is 11.7. The summed E-state index contributed by atoms with van der Waals surface area (Å²) in [6.07, 6.45) is 0. The molecule has 0 spiro atoms. The molecule has 2 N–H and O–H groups in total. The van der Waals surface area contributed by atoms with Gasteiger partial charge in [-0.05, 0) is 31.2 Å². The molecule has 8 heteroatoms. The van der Waals surface area contributed by atoms with Gasteiger partial charge in [0.2, 0.25) is 0 Å². The number of carbonyl (C=O) groups is 1. The van der Waals surface area contributed by atoms with Gasteiger partial charge in [-0.15, -0.1) is 11.3 Å². The third-order valence-corrected chi connectivity index (χ3v) is 4.74. The van der Waals surface area contributed by atoms with Crippen molar-refractivity contribution in [1.82, 2.24) is 0 Å². The van der Waals surface area contributed by atoms with Crippen LogP contribution in [0, 0.1) is 10.1 Å². The highest BCUT2D eigenvalue weighted by atomic mass is 32.2. The Morgan fingerprint density at radius 3 is 2.67 bits per heavy atom. The number of nitro groups is 1. The number of nitrogens with two attached hydrogens (primary N) is 1. The lowest BCUT2D eigenvalue weighted by Gasteiger charge is -1.99. The van der Waals surface area contributed by atoms with E-state index in [-0.39, 0.29) is 17.2 Å². The van der Waals surface area contributed by atoms with E-state index in [1.807, 2.05) is 0 Å². The molecule has 21 heavy (non-hydrogen) atoms. The van der Waals surface area contributed by atoms with E-state index in [1.54, 1.807) is 31.2 Å². The van der Waals surface area contributed by atoms with Gasteiger partial charge in [0.1, 0.15) is 9.09 Å². The molecule has 6 nitrogen and oxygen atoms in total. The Kier molecular flexibility index (Phi) is 4.81. The first-order valence-electron chi connectivity index (χ1n) is 6.00. The minimum atomic E-state index is -0.547. The molecule has 0 aliphatic carbocycles. The van der Waals surface area contributed by atoms with Crippen molar-refractivity contribution in [2.24, 2.45) is 0 Å². The van der Waals surface area contributed by atoms with E-state index >= 15 is 0 Å². The predicted octanol–water partition coefficient (Wildman–Crippen LogP) is 3.57. The van der Waals surface area contributed by atoms with Crippen LogP contribution in [0.25, 0.3) is 0 Å². The quantitative estimate of drug-likeness (QED) is 0.391. The number of hydrogen-bond donors (Lipinski definition) is 1. The predicted molar refractivity (Wildman–Crippen MR) is 81.9 cm³/mol. The Bertz CT molecular complexity index is 667. The van der Waals surface area contributed by atoms with Crippen LogP contribution in [0.1, 0.15) is 16.6 Å². The second-order valence-corrected chi connectivity index (χ2v) is 6.33. The molecule has 0 aliphatic heterocycles. The summed E-state index contributed by atoms with van der Waals surface area (Å²) in [5.74, 6) is -0.547. The van der Waals surface area contributed by atoms with Crippen molar-refractivity contribution >= 4 is 40.4 Å². The SMILES string of the molecule is CCOC(=O)c1cc([N+](=O)[O-])c(Sc2ccc(N)cc2)s1. The van der Waals surface area contributed by atoms with Crippen LogP contribution in [0.15, 0.2) is 39.4 Å². The maximum atomic E-state index is 11.7. The normalized spacial score (nSPS) is 10.3. The van der Waals surface area contributed by atoms with Gasteiger partial charge in [0, 0.05) is 16.6 Å². The summed E-state index contributed by atoms with van der Waals surface area (Å²) in [4.78, 5) is 23.3. The van der Waals surface area contributed by atoms with Gasteiger partial charge in [-0.3, -0.25) is 10.1 Å². The third-order valence-electron chi connectivity index (χ3n) is 2.44. The van der Waals surface area contributed by atoms with Gasteiger partial charge in [-0.2, -0.15) is 0 Å². The molecule has 0 fully saturated rings. The second kappa shape index (κ2) is 6.59. The van der Waals surface area contributed by atoms with E-state index < -0.39 is 10.9 Å². The van der Waals surface area contributed by atoms with Crippen molar-refractivity contribution in [2.75, 3.05) is 12.3 Å². The average molecular weight is 324 g/mol. The second-order valence-electron chi connectivity index (χ2n) is 3.93. The standard InChI is InChI=1S/C13H12N2O4S2/c1-2-19-12(16)11-7-10(15(17)18)13(21-11)20-9-5-3-8(14)4-6-9/h3-7H,2,14H2,1H3. The van der Waals surface area contributed by atoms with Gasteiger partial charge >= 0.3 is 5.97 Å². The number of thiophene rings is 1. The van der Waals surface area contributed by atoms with Gasteiger partial charge in [-0.1, -0.05) is 11.8 Å². The van der Waals surface area contributed by atoms with E-state index in [0.29, 0.717) is 9.90 Å². The highest BCUT2D eigenvalue weighted by Gasteiger charge is 2.23. The van der Waals surface area contributed by atoms with Gasteiger partial charge in [-0.25, -0.2) is 4.79 Å². The molecule has 1 aromatic heterocycles. The van der Waals surface area contributed by atoms with Crippen LogP contribution in [-0.2, 0) is 4.74 Å². The lowest BCUT2D eigenvalue weighted by atomic mass is 10.3. The molecule has 0 atom stereocenters. The molecule has 0 unspecified atom stereocenters. The zero-order valence-electron chi connectivity index (χ0n) is 11.1. The molecule has 0 amide bonds. The highest BCUT2D eigenvalue weighted by molar-refractivity contribution is 8.01. The van der Waals surface area contributed by atoms with Crippen molar-refractivity contribution in [3.05, 3.63) is 45.3 Å². The molecule has 0 saturated carbocycles. The summed E-state index contributed by atoms with van der Waals surface area (Å²) < 4.78 is 5.30. The zero-order chi connectivity index (χ0) is 15.4. The number of anilines is 1. The first kappa shape index (κ1) is 15.3. The van der Waals surface area contributed by atoms with Crippen LogP contribution < -0.4 is 5.73 Å². The highest BCUT2D eigenvalue weighted by Crippen LogP contribution is 2.41. The molecule has 2 rings (SSSR count). The van der Waals surface area contributed by atoms with Crippen molar-refractivity contribution < 1.29 is 14.5 Å². The lowest BCUT2D eigenvalue weighted by molar-refractivity contribution is -0.387. The molecule has 110 valence electrons. The fourth-order valence-corrected chi connectivity index (χ4v) is 3.71. The summed E-state index contributed by atoms with van der Waals surface area (Å²) in [6.45, 7) is 1.91. The summed E-state index contributed by atoms with van der Waals surface area (Å²) in [7, 11) is 0. The molecular weight excluding hydrogens is 312 g/mol. The number of ether oxygens (including phenoxy) is 1. The van der Waals surface area contributed by atoms with Crippen LogP contribution in [-0.4, -0.2) is 17.5 Å². The topological polar surface area (TPSA) is 95.5 Å². The Labute approximate surface area is 129 Å². The number of benzene rings is 1. The number of esters is 1. The number of nitrogen functional groups attached to an aromatic ring is 1. The molecule has 0 saturated heterocycles. The Balaban J connectivity index is 2.30. The zero-order valence-corrected chi connectivity index (χ0v) is 12.7. The Morgan fingerprint density at radius 1 is 1.43 bits per heavy atom. The van der Waals surface area contributed by atoms with E-state index in [4.69, 9.17) is 10.5 Å². The monoisotopic (exact) mass is 324 g/mol. The van der Waals surface area contributed by atoms with Gasteiger partial charge in [0.05, 0.1) is 11.5 Å². The van der Waals surface area contributed by atoms with E-state index in [0.717, 1.165) is 16.2 Å². The number of carbonyl (C=O) groups excluding carboxylic acids is 1. The molecule has 2 aromatic rings. The van der Waals surface area contributed by atoms with Crippen molar-refractivity contribution in [3.8, 4) is 0 Å². The van der Waals surface area contributed by atoms with Crippen molar-refractivity contribution in [3.63, 3.8) is 0 Å². The van der Waals surface area contributed by atoms with E-state index in [9.17, 15) is 14.9 Å². The molecular formula is C13H12N2O4S2. The van der Waals surface area contributed by atoms with Crippen molar-refractivity contribution in [2.45, 2.75) is 16.0 Å². The Hall–Kier alpha value is -2.06. The molecule has 1 heterocycles. The van der Waals surface area contributed by atoms with E-state index in [2.05, 4.69) is 0 Å². The molecule has 1 aromatic carbocycles. The largest absolute Gasteiger partial charge is 0.462 e. The lowest BCUT2D eigenvalue weighted by Crippen LogP contribution is -2.01. The maximum Gasteiger partial charge on any atom is 0.348 e. The third kappa shape index (κ3) is 3.73. The van der Waals surface area contributed by atoms with Gasteiger partial charge in [0.25, 0.3) is 5.69 Å². The average Bonchev–Trinajstić information content (AvgIpc) is 2.86. The number of nitrogens with zero attached hydrogens (tertiary/aromatic N) is 1. The van der Waals surface area contributed by atoms with Crippen LogP contribution in [0.2, 0.25) is 0 Å². The first-order valence-corrected chi connectivity index (χ1v) is 7.63. The first-order chi connectivity index (χ1) is 10.0. The fraction of sp³-hybridized carbons (Fsp3) is 0.154. The summed E-state index contributed by atoms with van der Waals surface area (Å²) in [5, 5.41) is 11.1.